The van der Waals surface area contributed by atoms with Crippen molar-refractivity contribution in [3.63, 3.8) is 0 Å². The molecule has 0 aliphatic carbocycles. The van der Waals surface area contributed by atoms with E-state index in [1.807, 2.05) is 32.0 Å². The summed E-state index contributed by atoms with van der Waals surface area (Å²) in [6.07, 6.45) is 0. The number of carbonyl (C=O) groups is 2. The number of rotatable bonds is 5. The topological polar surface area (TPSA) is 123 Å². The Morgan fingerprint density at radius 1 is 1.00 bits per heavy atom. The van der Waals surface area contributed by atoms with E-state index in [0.29, 0.717) is 16.8 Å². The number of hydrogen-bond donors (Lipinski definition) is 4. The Balaban J connectivity index is 1.66. The Kier molecular flexibility index (Phi) is 5.43. The minimum absolute atomic E-state index is 0.0888. The maximum absolute atomic E-state index is 12.3. The first-order chi connectivity index (χ1) is 15.3. The molecule has 0 radical (unpaired) electrons. The molecule has 0 fully saturated rings. The molecule has 0 spiro atoms. The predicted octanol–water partition coefficient (Wildman–Crippen LogP) is 3.68. The van der Waals surface area contributed by atoms with Gasteiger partial charge in [-0.3, -0.25) is 10.2 Å². The quantitative estimate of drug-likeness (QED) is 0.365. The molecule has 1 amide bonds. The molecule has 1 aliphatic rings. The Bertz CT molecular complexity index is 1310. The number of aryl methyl sites for hydroxylation is 2. The lowest BCUT2D eigenvalue weighted by atomic mass is 10.0. The molecule has 0 atom stereocenters. The summed E-state index contributed by atoms with van der Waals surface area (Å²) >= 11 is 0. The van der Waals surface area contributed by atoms with Gasteiger partial charge in [0.1, 0.15) is 11.5 Å². The lowest BCUT2D eigenvalue weighted by Gasteiger charge is -2.11. The van der Waals surface area contributed by atoms with Gasteiger partial charge in [-0.2, -0.15) is 10.2 Å². The number of anilines is 1. The zero-order valence-electron chi connectivity index (χ0n) is 17.4. The molecule has 4 rings (SSSR count). The van der Waals surface area contributed by atoms with Crippen molar-refractivity contribution in [2.45, 2.75) is 13.8 Å². The fourth-order valence-corrected chi connectivity index (χ4v) is 3.32. The Labute approximate surface area is 183 Å². The van der Waals surface area contributed by atoms with Crippen molar-refractivity contribution in [1.82, 2.24) is 5.43 Å². The SMILES string of the molecule is Cc1ccc(C2=NNC(=O)C2=NNc2cccc(-c3cccc(C(=O)O)c3)c2O)cc1C. The molecule has 0 bridgehead atoms. The molecular formula is C24H20N4O4. The number of nitrogens with one attached hydrogen (secondary N) is 2. The van der Waals surface area contributed by atoms with Gasteiger partial charge in [-0.1, -0.05) is 36.4 Å². The first-order valence-corrected chi connectivity index (χ1v) is 9.80. The summed E-state index contributed by atoms with van der Waals surface area (Å²) in [6, 6.07) is 17.0. The summed E-state index contributed by atoms with van der Waals surface area (Å²) in [7, 11) is 0. The van der Waals surface area contributed by atoms with E-state index in [1.165, 1.54) is 12.1 Å². The molecule has 8 nitrogen and oxygen atoms in total. The van der Waals surface area contributed by atoms with Crippen LogP contribution in [0.3, 0.4) is 0 Å². The highest BCUT2D eigenvalue weighted by Crippen LogP contribution is 2.35. The van der Waals surface area contributed by atoms with E-state index in [4.69, 9.17) is 0 Å². The summed E-state index contributed by atoms with van der Waals surface area (Å²) in [5.41, 5.74) is 9.90. The van der Waals surface area contributed by atoms with Crippen LogP contribution in [0.1, 0.15) is 27.0 Å². The van der Waals surface area contributed by atoms with Crippen molar-refractivity contribution in [3.8, 4) is 16.9 Å². The summed E-state index contributed by atoms with van der Waals surface area (Å²) in [5.74, 6) is -1.64. The average molecular weight is 428 g/mol. The van der Waals surface area contributed by atoms with E-state index in [9.17, 15) is 19.8 Å². The number of amides is 1. The number of phenolic OH excluding ortho intramolecular Hbond substituents is 1. The van der Waals surface area contributed by atoms with Gasteiger partial charge >= 0.3 is 5.97 Å². The first-order valence-electron chi connectivity index (χ1n) is 9.80. The maximum Gasteiger partial charge on any atom is 0.335 e. The number of aromatic carboxylic acids is 1. The molecule has 0 aromatic heterocycles. The second kappa shape index (κ2) is 8.35. The van der Waals surface area contributed by atoms with Gasteiger partial charge in [-0.05, 0) is 54.8 Å². The molecule has 8 heteroatoms. The zero-order valence-corrected chi connectivity index (χ0v) is 17.4. The van der Waals surface area contributed by atoms with Gasteiger partial charge in [0.15, 0.2) is 5.71 Å². The van der Waals surface area contributed by atoms with E-state index in [2.05, 4.69) is 21.1 Å². The molecule has 3 aromatic carbocycles. The van der Waals surface area contributed by atoms with Crippen LogP contribution in [-0.2, 0) is 4.79 Å². The maximum atomic E-state index is 12.3. The van der Waals surface area contributed by atoms with Crippen LogP contribution >= 0.6 is 0 Å². The number of carbonyl (C=O) groups excluding carboxylic acids is 1. The average Bonchev–Trinajstić information content (AvgIpc) is 3.15. The number of hydrazone groups is 2. The normalized spacial score (nSPS) is 14.2. The van der Waals surface area contributed by atoms with Crippen molar-refractivity contribution >= 4 is 29.0 Å². The largest absolute Gasteiger partial charge is 0.505 e. The summed E-state index contributed by atoms with van der Waals surface area (Å²) in [6.45, 7) is 3.97. The summed E-state index contributed by atoms with van der Waals surface area (Å²) in [5, 5.41) is 28.3. The van der Waals surface area contributed by atoms with Crippen LogP contribution in [0.5, 0.6) is 5.75 Å². The van der Waals surface area contributed by atoms with Crippen LogP contribution in [0, 0.1) is 13.8 Å². The molecule has 0 saturated heterocycles. The molecular weight excluding hydrogens is 408 g/mol. The van der Waals surface area contributed by atoms with Crippen LogP contribution < -0.4 is 10.9 Å². The van der Waals surface area contributed by atoms with Crippen LogP contribution in [0.15, 0.2) is 70.9 Å². The zero-order chi connectivity index (χ0) is 22.8. The number of carboxylic acid groups (broad SMARTS) is 1. The molecule has 1 aliphatic heterocycles. The Hall–Kier alpha value is -4.46. The minimum atomic E-state index is -1.06. The first kappa shape index (κ1) is 20.8. The van der Waals surface area contributed by atoms with E-state index in [-0.39, 0.29) is 22.7 Å². The van der Waals surface area contributed by atoms with Crippen molar-refractivity contribution in [2.24, 2.45) is 10.2 Å². The molecule has 0 saturated carbocycles. The standard InChI is InChI=1S/C24H20N4O4/c1-13-9-10-16(11-14(13)2)20-21(23(30)28-26-20)27-25-19-8-4-7-18(22(19)29)15-5-3-6-17(12-15)24(31)32/h3-12,25,29H,1-2H3,(H,31,32)(H,27,28,30). The lowest BCUT2D eigenvalue weighted by Crippen LogP contribution is -2.25. The summed E-state index contributed by atoms with van der Waals surface area (Å²) in [4.78, 5) is 23.6. The smallest absolute Gasteiger partial charge is 0.335 e. The summed E-state index contributed by atoms with van der Waals surface area (Å²) < 4.78 is 0. The Morgan fingerprint density at radius 2 is 1.78 bits per heavy atom. The van der Waals surface area contributed by atoms with Crippen molar-refractivity contribution in [1.29, 1.82) is 0 Å². The number of para-hydroxylation sites is 1. The lowest BCUT2D eigenvalue weighted by molar-refractivity contribution is -0.114. The van der Waals surface area contributed by atoms with Gasteiger partial charge in [-0.15, -0.1) is 0 Å². The minimum Gasteiger partial charge on any atom is -0.505 e. The number of hydrogen-bond acceptors (Lipinski definition) is 6. The van der Waals surface area contributed by atoms with Crippen molar-refractivity contribution in [3.05, 3.63) is 82.9 Å². The predicted molar refractivity (Wildman–Crippen MR) is 122 cm³/mol. The van der Waals surface area contributed by atoms with Crippen LogP contribution in [0.4, 0.5) is 5.69 Å². The van der Waals surface area contributed by atoms with Crippen molar-refractivity contribution < 1.29 is 19.8 Å². The van der Waals surface area contributed by atoms with Gasteiger partial charge in [0.2, 0.25) is 0 Å². The molecule has 1 heterocycles. The third-order valence-corrected chi connectivity index (χ3v) is 5.23. The van der Waals surface area contributed by atoms with Gasteiger partial charge in [0.05, 0.1) is 11.3 Å². The third kappa shape index (κ3) is 3.93. The highest BCUT2D eigenvalue weighted by molar-refractivity contribution is 6.72. The third-order valence-electron chi connectivity index (χ3n) is 5.23. The Morgan fingerprint density at radius 3 is 2.53 bits per heavy atom. The number of nitrogens with zero attached hydrogens (tertiary/aromatic N) is 2. The molecule has 0 unspecified atom stereocenters. The van der Waals surface area contributed by atoms with E-state index in [0.717, 1.165) is 16.7 Å². The number of aromatic hydroxyl groups is 1. The van der Waals surface area contributed by atoms with Crippen LogP contribution in [0.2, 0.25) is 0 Å². The number of phenols is 1. The highest BCUT2D eigenvalue weighted by Gasteiger charge is 2.26. The molecule has 3 aromatic rings. The van der Waals surface area contributed by atoms with Gasteiger partial charge in [0, 0.05) is 11.1 Å². The number of carboxylic acids is 1. The second-order valence-electron chi connectivity index (χ2n) is 7.36. The van der Waals surface area contributed by atoms with Crippen LogP contribution in [0.25, 0.3) is 11.1 Å². The van der Waals surface area contributed by atoms with E-state index < -0.39 is 11.9 Å². The van der Waals surface area contributed by atoms with Gasteiger partial charge in [0.25, 0.3) is 5.91 Å². The molecule has 32 heavy (non-hydrogen) atoms. The highest BCUT2D eigenvalue weighted by atomic mass is 16.4. The monoisotopic (exact) mass is 428 g/mol. The van der Waals surface area contributed by atoms with Gasteiger partial charge in [-0.25, -0.2) is 10.2 Å². The van der Waals surface area contributed by atoms with Gasteiger partial charge < -0.3 is 10.2 Å². The molecule has 4 N–H and O–H groups in total. The number of benzene rings is 3. The van der Waals surface area contributed by atoms with E-state index in [1.54, 1.807) is 30.3 Å². The van der Waals surface area contributed by atoms with Crippen LogP contribution in [-0.4, -0.2) is 33.5 Å². The molecule has 160 valence electrons. The fraction of sp³-hybridized carbons (Fsp3) is 0.0833. The van der Waals surface area contributed by atoms with Crippen molar-refractivity contribution in [2.75, 3.05) is 5.43 Å². The second-order valence-corrected chi connectivity index (χ2v) is 7.36. The fourth-order valence-electron chi connectivity index (χ4n) is 3.32. The van der Waals surface area contributed by atoms with E-state index >= 15 is 0 Å².